The first kappa shape index (κ1) is 5.10. The Balaban J connectivity index is 2.16. The topological polar surface area (TPSA) is 9.23 Å². The maximum Gasteiger partial charge on any atom is 0.0597 e. The van der Waals surface area contributed by atoms with Crippen LogP contribution in [0.5, 0.6) is 0 Å². The van der Waals surface area contributed by atoms with Crippen LogP contribution in [0.4, 0.5) is 0 Å². The number of hydrogen-bond donors (Lipinski definition) is 0. The normalized spacial score (nSPS) is 40.3. The molecule has 1 fully saturated rings. The van der Waals surface area contributed by atoms with Crippen molar-refractivity contribution in [3.8, 4) is 0 Å². The minimum absolute atomic E-state index is 0.583. The number of rotatable bonds is 1. The van der Waals surface area contributed by atoms with Crippen molar-refractivity contribution in [3.05, 3.63) is 0 Å². The second kappa shape index (κ2) is 1.83. The largest absolute Gasteiger partial charge is 0.381 e. The van der Waals surface area contributed by atoms with E-state index in [0.29, 0.717) is 6.10 Å². The lowest BCUT2D eigenvalue weighted by molar-refractivity contribution is -0.00759. The van der Waals surface area contributed by atoms with Crippen LogP contribution in [-0.4, -0.2) is 13.2 Å². The van der Waals surface area contributed by atoms with Crippen molar-refractivity contribution < 1.29 is 4.74 Å². The maximum absolute atomic E-state index is 5.10. The lowest BCUT2D eigenvalue weighted by Gasteiger charge is -2.31. The molecule has 2 atom stereocenters. The van der Waals surface area contributed by atoms with Crippen molar-refractivity contribution in [2.24, 2.45) is 5.92 Å². The Kier molecular flexibility index (Phi) is 1.33. The van der Waals surface area contributed by atoms with E-state index in [1.807, 2.05) is 0 Å². The third-order valence-corrected chi connectivity index (χ3v) is 1.84. The van der Waals surface area contributed by atoms with Gasteiger partial charge in [0.2, 0.25) is 0 Å². The lowest BCUT2D eigenvalue weighted by atomic mass is 9.84. The van der Waals surface area contributed by atoms with E-state index in [1.165, 1.54) is 12.8 Å². The van der Waals surface area contributed by atoms with Gasteiger partial charge in [-0.25, -0.2) is 0 Å². The van der Waals surface area contributed by atoms with Gasteiger partial charge >= 0.3 is 0 Å². The van der Waals surface area contributed by atoms with E-state index in [4.69, 9.17) is 4.74 Å². The molecule has 0 aromatic heterocycles. The molecular weight excluding hydrogens is 88.1 g/mol. The van der Waals surface area contributed by atoms with Crippen molar-refractivity contribution in [2.45, 2.75) is 25.9 Å². The molecule has 1 rings (SSSR count). The molecule has 1 heteroatoms. The fourth-order valence-corrected chi connectivity index (χ4v) is 0.986. The Hall–Kier alpha value is -0.0400. The molecule has 1 aliphatic carbocycles. The molecule has 1 saturated carbocycles. The molecule has 0 unspecified atom stereocenters. The predicted octanol–water partition coefficient (Wildman–Crippen LogP) is 1.43. The van der Waals surface area contributed by atoms with E-state index in [1.54, 1.807) is 7.11 Å². The first-order chi connectivity index (χ1) is 3.34. The average molecular weight is 100 g/mol. The van der Waals surface area contributed by atoms with E-state index >= 15 is 0 Å². The van der Waals surface area contributed by atoms with Crippen LogP contribution in [0.2, 0.25) is 0 Å². The molecule has 0 spiro atoms. The molecule has 0 N–H and O–H groups in total. The molecule has 0 bridgehead atoms. The molecule has 1 aliphatic rings. The summed E-state index contributed by atoms with van der Waals surface area (Å²) in [5, 5.41) is 0. The quantitative estimate of drug-likeness (QED) is 0.484. The fraction of sp³-hybridized carbons (Fsp3) is 1.00. The summed E-state index contributed by atoms with van der Waals surface area (Å²) in [4.78, 5) is 0. The highest BCUT2D eigenvalue weighted by Crippen LogP contribution is 2.28. The Labute approximate surface area is 44.7 Å². The van der Waals surface area contributed by atoms with Crippen LogP contribution in [0.1, 0.15) is 19.8 Å². The standard InChI is InChI=1S/C6H12O/c1-5-3-4-6(5)7-2/h5-6H,3-4H2,1-2H3/t5-,6-/m0/s1. The van der Waals surface area contributed by atoms with Crippen molar-refractivity contribution in [1.82, 2.24) is 0 Å². The Morgan fingerprint density at radius 2 is 2.14 bits per heavy atom. The van der Waals surface area contributed by atoms with Gasteiger partial charge in [-0.3, -0.25) is 0 Å². The van der Waals surface area contributed by atoms with Gasteiger partial charge in [0.1, 0.15) is 0 Å². The summed E-state index contributed by atoms with van der Waals surface area (Å²) in [7, 11) is 1.79. The molecule has 1 nitrogen and oxygen atoms in total. The van der Waals surface area contributed by atoms with Crippen LogP contribution >= 0.6 is 0 Å². The second-order valence-corrected chi connectivity index (χ2v) is 2.33. The van der Waals surface area contributed by atoms with Gasteiger partial charge in [0.25, 0.3) is 0 Å². The molecule has 42 valence electrons. The molecular formula is C6H12O. The summed E-state index contributed by atoms with van der Waals surface area (Å²) >= 11 is 0. The zero-order chi connectivity index (χ0) is 5.28. The maximum atomic E-state index is 5.10. The van der Waals surface area contributed by atoms with Crippen LogP contribution in [-0.2, 0) is 4.74 Å². The highest BCUT2D eigenvalue weighted by Gasteiger charge is 2.25. The van der Waals surface area contributed by atoms with Gasteiger partial charge in [-0.15, -0.1) is 0 Å². The Morgan fingerprint density at radius 3 is 2.14 bits per heavy atom. The summed E-state index contributed by atoms with van der Waals surface area (Å²) in [5.41, 5.74) is 0. The Bertz CT molecular complexity index is 59.2. The summed E-state index contributed by atoms with van der Waals surface area (Å²) in [6, 6.07) is 0. The number of ether oxygens (including phenoxy) is 1. The third-order valence-electron chi connectivity index (χ3n) is 1.84. The molecule has 0 aliphatic heterocycles. The minimum atomic E-state index is 0.583. The molecule has 0 aromatic carbocycles. The van der Waals surface area contributed by atoms with Crippen molar-refractivity contribution >= 4 is 0 Å². The smallest absolute Gasteiger partial charge is 0.0597 e. The predicted molar refractivity (Wildman–Crippen MR) is 29.2 cm³/mol. The van der Waals surface area contributed by atoms with Gasteiger partial charge in [-0.05, 0) is 18.8 Å². The van der Waals surface area contributed by atoms with E-state index in [9.17, 15) is 0 Å². The molecule has 0 amide bonds. The average Bonchev–Trinajstić information content (AvgIpc) is 1.65. The molecule has 0 saturated heterocycles. The van der Waals surface area contributed by atoms with Crippen LogP contribution in [0.3, 0.4) is 0 Å². The van der Waals surface area contributed by atoms with Crippen molar-refractivity contribution in [2.75, 3.05) is 7.11 Å². The van der Waals surface area contributed by atoms with Gasteiger partial charge in [0.05, 0.1) is 6.10 Å². The highest BCUT2D eigenvalue weighted by molar-refractivity contribution is 4.76. The van der Waals surface area contributed by atoms with E-state index in [0.717, 1.165) is 5.92 Å². The van der Waals surface area contributed by atoms with E-state index < -0.39 is 0 Å². The van der Waals surface area contributed by atoms with Crippen molar-refractivity contribution in [1.29, 1.82) is 0 Å². The van der Waals surface area contributed by atoms with Crippen LogP contribution < -0.4 is 0 Å². The molecule has 7 heavy (non-hydrogen) atoms. The second-order valence-electron chi connectivity index (χ2n) is 2.33. The van der Waals surface area contributed by atoms with Gasteiger partial charge in [-0.1, -0.05) is 6.92 Å². The zero-order valence-electron chi connectivity index (χ0n) is 4.98. The zero-order valence-corrected chi connectivity index (χ0v) is 4.98. The van der Waals surface area contributed by atoms with Crippen LogP contribution in [0.15, 0.2) is 0 Å². The van der Waals surface area contributed by atoms with Gasteiger partial charge in [0.15, 0.2) is 0 Å². The van der Waals surface area contributed by atoms with Crippen LogP contribution in [0.25, 0.3) is 0 Å². The minimum Gasteiger partial charge on any atom is -0.381 e. The first-order valence-electron chi connectivity index (χ1n) is 2.87. The van der Waals surface area contributed by atoms with Crippen LogP contribution in [0, 0.1) is 5.92 Å². The first-order valence-corrected chi connectivity index (χ1v) is 2.87. The molecule has 0 heterocycles. The van der Waals surface area contributed by atoms with Gasteiger partial charge in [0, 0.05) is 7.11 Å². The number of methoxy groups -OCH3 is 1. The lowest BCUT2D eigenvalue weighted by Crippen LogP contribution is -2.30. The highest BCUT2D eigenvalue weighted by atomic mass is 16.5. The monoisotopic (exact) mass is 100 g/mol. The SMILES string of the molecule is CO[C@H]1CC[C@@H]1C. The van der Waals surface area contributed by atoms with Crippen molar-refractivity contribution in [3.63, 3.8) is 0 Å². The van der Waals surface area contributed by atoms with Gasteiger partial charge < -0.3 is 4.74 Å². The summed E-state index contributed by atoms with van der Waals surface area (Å²) in [6.45, 7) is 2.23. The van der Waals surface area contributed by atoms with E-state index in [-0.39, 0.29) is 0 Å². The number of hydrogen-bond acceptors (Lipinski definition) is 1. The Morgan fingerprint density at radius 1 is 1.43 bits per heavy atom. The van der Waals surface area contributed by atoms with Gasteiger partial charge in [-0.2, -0.15) is 0 Å². The molecule has 0 aromatic rings. The van der Waals surface area contributed by atoms with E-state index in [2.05, 4.69) is 6.92 Å². The third kappa shape index (κ3) is 0.778. The summed E-state index contributed by atoms with van der Waals surface area (Å²) in [6.07, 6.45) is 3.22. The summed E-state index contributed by atoms with van der Waals surface area (Å²) < 4.78 is 5.10. The molecule has 0 radical (unpaired) electrons. The summed E-state index contributed by atoms with van der Waals surface area (Å²) in [5.74, 6) is 0.824. The fourth-order valence-electron chi connectivity index (χ4n) is 0.986.